The van der Waals surface area contributed by atoms with Crippen LogP contribution in [0.4, 0.5) is 5.13 Å². The van der Waals surface area contributed by atoms with Crippen LogP contribution in [0.3, 0.4) is 0 Å². The Labute approximate surface area is 226 Å². The summed E-state index contributed by atoms with van der Waals surface area (Å²) >= 11 is 2.67. The van der Waals surface area contributed by atoms with Crippen LogP contribution in [0.5, 0.6) is 5.75 Å². The molecule has 0 saturated heterocycles. The molecule has 0 unspecified atom stereocenters. The molecule has 0 saturated carbocycles. The van der Waals surface area contributed by atoms with Crippen molar-refractivity contribution in [2.45, 2.75) is 5.16 Å². The molecule has 0 radical (unpaired) electrons. The van der Waals surface area contributed by atoms with E-state index in [0.29, 0.717) is 21.9 Å². The van der Waals surface area contributed by atoms with Crippen LogP contribution >= 0.6 is 23.1 Å². The van der Waals surface area contributed by atoms with Crippen molar-refractivity contribution in [1.29, 1.82) is 0 Å². The number of nitrogens with zero attached hydrogens (tertiary/aromatic N) is 4. The maximum atomic E-state index is 12.9. The van der Waals surface area contributed by atoms with Crippen molar-refractivity contribution in [3.63, 3.8) is 0 Å². The van der Waals surface area contributed by atoms with Crippen LogP contribution in [0.25, 0.3) is 39.3 Å². The Kier molecular flexibility index (Phi) is 6.63. The van der Waals surface area contributed by atoms with Crippen LogP contribution in [0, 0.1) is 0 Å². The fourth-order valence-electron chi connectivity index (χ4n) is 4.08. The van der Waals surface area contributed by atoms with Crippen molar-refractivity contribution < 1.29 is 13.9 Å². The summed E-state index contributed by atoms with van der Waals surface area (Å²) in [6.07, 6.45) is 1.60. The highest BCUT2D eigenvalue weighted by Gasteiger charge is 2.20. The largest absolute Gasteiger partial charge is 0.497 e. The number of benzene rings is 3. The molecule has 10 heteroatoms. The van der Waals surface area contributed by atoms with E-state index in [1.54, 1.807) is 13.4 Å². The van der Waals surface area contributed by atoms with Crippen LogP contribution in [-0.4, -0.2) is 38.5 Å². The minimum Gasteiger partial charge on any atom is -0.497 e. The van der Waals surface area contributed by atoms with Gasteiger partial charge in [-0.05, 0) is 35.7 Å². The molecule has 0 fully saturated rings. The van der Waals surface area contributed by atoms with E-state index < -0.39 is 0 Å². The highest BCUT2D eigenvalue weighted by atomic mass is 32.2. The molecule has 0 atom stereocenters. The molecule has 0 aliphatic heterocycles. The Bertz CT molecular complexity index is 1720. The van der Waals surface area contributed by atoms with Crippen molar-refractivity contribution in [3.05, 3.63) is 90.5 Å². The number of anilines is 1. The van der Waals surface area contributed by atoms with Gasteiger partial charge in [0, 0.05) is 16.3 Å². The van der Waals surface area contributed by atoms with Crippen molar-refractivity contribution >= 4 is 44.9 Å². The molecule has 1 amide bonds. The Hall–Kier alpha value is -4.41. The second kappa shape index (κ2) is 10.5. The van der Waals surface area contributed by atoms with E-state index in [-0.39, 0.29) is 11.7 Å². The Morgan fingerprint density at radius 1 is 1.05 bits per heavy atom. The lowest BCUT2D eigenvalue weighted by Crippen LogP contribution is -2.14. The van der Waals surface area contributed by atoms with Gasteiger partial charge < -0.3 is 14.5 Å². The maximum absolute atomic E-state index is 12.9. The molecule has 188 valence electrons. The van der Waals surface area contributed by atoms with E-state index in [1.165, 1.54) is 23.1 Å². The molecule has 3 heterocycles. The van der Waals surface area contributed by atoms with E-state index in [1.807, 2.05) is 70.6 Å². The monoisotopic (exact) mass is 539 g/mol. The molecule has 0 spiro atoms. The highest BCUT2D eigenvalue weighted by molar-refractivity contribution is 7.99. The molecule has 0 bridgehead atoms. The summed E-state index contributed by atoms with van der Waals surface area (Å²) in [5, 5.41) is 16.9. The lowest BCUT2D eigenvalue weighted by atomic mass is 10.1. The van der Waals surface area contributed by atoms with Gasteiger partial charge in [-0.15, -0.1) is 21.5 Å². The van der Waals surface area contributed by atoms with E-state index in [4.69, 9.17) is 9.15 Å². The fourth-order valence-corrected chi connectivity index (χ4v) is 5.56. The van der Waals surface area contributed by atoms with Crippen LogP contribution in [0.15, 0.2) is 100 Å². The molecule has 1 N–H and O–H groups in total. The first kappa shape index (κ1) is 24.0. The van der Waals surface area contributed by atoms with E-state index in [9.17, 15) is 4.79 Å². The third-order valence-electron chi connectivity index (χ3n) is 5.83. The second-order valence-corrected chi connectivity index (χ2v) is 10.0. The smallest absolute Gasteiger partial charge is 0.236 e. The number of aromatic nitrogens is 4. The summed E-state index contributed by atoms with van der Waals surface area (Å²) < 4.78 is 12.9. The zero-order chi connectivity index (χ0) is 25.9. The Morgan fingerprint density at radius 2 is 1.92 bits per heavy atom. The van der Waals surface area contributed by atoms with Crippen LogP contribution in [0.1, 0.15) is 0 Å². The maximum Gasteiger partial charge on any atom is 0.236 e. The van der Waals surface area contributed by atoms with Gasteiger partial charge >= 0.3 is 0 Å². The SMILES string of the molecule is COc1cccc(-c2csc(NC(=O)CSc3nnc(-c4ccco4)n3-c3cccc4ccccc34)n2)c1. The summed E-state index contributed by atoms with van der Waals surface area (Å²) in [4.78, 5) is 17.4. The van der Waals surface area contributed by atoms with Gasteiger partial charge in [0.25, 0.3) is 0 Å². The summed E-state index contributed by atoms with van der Waals surface area (Å²) in [7, 11) is 1.63. The zero-order valence-electron chi connectivity index (χ0n) is 20.2. The van der Waals surface area contributed by atoms with Crippen LogP contribution in [0.2, 0.25) is 0 Å². The van der Waals surface area contributed by atoms with Crippen molar-refractivity contribution in [2.75, 3.05) is 18.2 Å². The van der Waals surface area contributed by atoms with Gasteiger partial charge in [0.15, 0.2) is 16.0 Å². The topological polar surface area (TPSA) is 95.1 Å². The van der Waals surface area contributed by atoms with Crippen LogP contribution < -0.4 is 10.1 Å². The van der Waals surface area contributed by atoms with Crippen molar-refractivity contribution in [2.24, 2.45) is 0 Å². The van der Waals surface area contributed by atoms with Gasteiger partial charge in [0.2, 0.25) is 11.7 Å². The summed E-state index contributed by atoms with van der Waals surface area (Å²) in [6, 6.07) is 25.5. The quantitative estimate of drug-likeness (QED) is 0.219. The van der Waals surface area contributed by atoms with E-state index in [0.717, 1.165) is 33.5 Å². The Morgan fingerprint density at radius 3 is 2.79 bits per heavy atom. The molecular formula is C28H21N5O3S2. The number of methoxy groups -OCH3 is 1. The minimum atomic E-state index is -0.187. The summed E-state index contributed by atoms with van der Waals surface area (Å²) in [6.45, 7) is 0. The molecule has 6 rings (SSSR count). The molecular weight excluding hydrogens is 518 g/mol. The van der Waals surface area contributed by atoms with E-state index in [2.05, 4.69) is 38.7 Å². The molecule has 6 aromatic rings. The number of thioether (sulfide) groups is 1. The van der Waals surface area contributed by atoms with Gasteiger partial charge in [-0.25, -0.2) is 4.98 Å². The Balaban J connectivity index is 1.24. The molecule has 0 aliphatic rings. The molecule has 3 aromatic heterocycles. The zero-order valence-corrected chi connectivity index (χ0v) is 21.8. The van der Waals surface area contributed by atoms with Gasteiger partial charge in [0.1, 0.15) is 5.75 Å². The first-order valence-electron chi connectivity index (χ1n) is 11.7. The molecule has 0 aliphatic carbocycles. The highest BCUT2D eigenvalue weighted by Crippen LogP contribution is 2.32. The number of carbonyl (C=O) groups is 1. The number of carbonyl (C=O) groups excluding carboxylic acids is 1. The average molecular weight is 540 g/mol. The van der Waals surface area contributed by atoms with Crippen LogP contribution in [-0.2, 0) is 4.79 Å². The summed E-state index contributed by atoms with van der Waals surface area (Å²) in [5.74, 6) is 1.86. The van der Waals surface area contributed by atoms with Crippen molar-refractivity contribution in [1.82, 2.24) is 19.7 Å². The first-order valence-corrected chi connectivity index (χ1v) is 13.6. The van der Waals surface area contributed by atoms with Gasteiger partial charge in [-0.2, -0.15) is 0 Å². The number of ether oxygens (including phenoxy) is 1. The van der Waals surface area contributed by atoms with Crippen molar-refractivity contribution in [3.8, 4) is 34.3 Å². The fraction of sp³-hybridized carbons (Fsp3) is 0.0714. The minimum absolute atomic E-state index is 0.134. The number of thiazole rings is 1. The third-order valence-corrected chi connectivity index (χ3v) is 7.52. The molecule has 8 nitrogen and oxygen atoms in total. The number of fused-ring (bicyclic) bond motifs is 1. The third kappa shape index (κ3) is 4.79. The predicted molar refractivity (Wildman–Crippen MR) is 150 cm³/mol. The number of hydrogen-bond donors (Lipinski definition) is 1. The number of furan rings is 1. The lowest BCUT2D eigenvalue weighted by Gasteiger charge is -2.12. The number of hydrogen-bond acceptors (Lipinski definition) is 8. The normalized spacial score (nSPS) is 11.1. The number of rotatable bonds is 8. The van der Waals surface area contributed by atoms with Gasteiger partial charge in [-0.1, -0.05) is 60.3 Å². The standard InChI is InChI=1S/C28H21N5O3S2/c1-35-20-10-4-9-19(15-20)22-16-37-27(29-22)30-25(34)17-38-28-32-31-26(24-13-6-14-36-24)33(28)23-12-5-8-18-7-2-3-11-21(18)23/h2-16H,17H2,1H3,(H,29,30,34). The van der Waals surface area contributed by atoms with Gasteiger partial charge in [-0.3, -0.25) is 9.36 Å². The summed E-state index contributed by atoms with van der Waals surface area (Å²) in [5.41, 5.74) is 2.60. The van der Waals surface area contributed by atoms with E-state index >= 15 is 0 Å². The first-order chi connectivity index (χ1) is 18.7. The van der Waals surface area contributed by atoms with Gasteiger partial charge in [0.05, 0.1) is 30.5 Å². The molecule has 38 heavy (non-hydrogen) atoms. The lowest BCUT2D eigenvalue weighted by molar-refractivity contribution is -0.113. The number of nitrogens with one attached hydrogen (secondary N) is 1. The second-order valence-electron chi connectivity index (χ2n) is 8.22. The predicted octanol–water partition coefficient (Wildman–Crippen LogP) is 6.54. The molecule has 3 aromatic carbocycles. The average Bonchev–Trinajstić information content (AvgIpc) is 3.73. The number of amides is 1.